The van der Waals surface area contributed by atoms with Gasteiger partial charge in [-0.3, -0.25) is 15.0 Å². The molecule has 2 aromatic rings. The molecule has 1 aromatic carbocycles. The topological polar surface area (TPSA) is 101 Å². The van der Waals surface area contributed by atoms with Crippen LogP contribution in [0, 0.1) is 0 Å². The average Bonchev–Trinajstić information content (AvgIpc) is 3.12. The second kappa shape index (κ2) is 9.80. The third-order valence-electron chi connectivity index (χ3n) is 4.55. The minimum Gasteiger partial charge on any atom is -0.373 e. The van der Waals surface area contributed by atoms with Crippen LogP contribution in [0.15, 0.2) is 40.6 Å². The van der Waals surface area contributed by atoms with Crippen molar-refractivity contribution in [3.05, 3.63) is 47.0 Å². The van der Waals surface area contributed by atoms with Crippen molar-refractivity contribution in [1.29, 1.82) is 0 Å². The van der Waals surface area contributed by atoms with Crippen LogP contribution in [0.1, 0.15) is 25.1 Å². The predicted molar refractivity (Wildman–Crippen MR) is 118 cm³/mol. The number of sulfonamides is 1. The summed E-state index contributed by atoms with van der Waals surface area (Å²) in [5, 5.41) is 5.26. The number of thiazole rings is 1. The van der Waals surface area contributed by atoms with E-state index in [0.717, 1.165) is 30.9 Å². The van der Waals surface area contributed by atoms with E-state index in [1.54, 1.807) is 18.2 Å². The van der Waals surface area contributed by atoms with E-state index in [0.29, 0.717) is 5.13 Å². The largest absolute Gasteiger partial charge is 0.373 e. The van der Waals surface area contributed by atoms with Crippen LogP contribution in [0.25, 0.3) is 6.08 Å². The van der Waals surface area contributed by atoms with Crippen LogP contribution in [0.4, 0.5) is 5.13 Å². The first-order chi connectivity index (χ1) is 14.2. The van der Waals surface area contributed by atoms with E-state index in [2.05, 4.69) is 33.8 Å². The van der Waals surface area contributed by atoms with Crippen LogP contribution < -0.4 is 10.0 Å². The summed E-state index contributed by atoms with van der Waals surface area (Å²) in [6, 6.07) is 6.26. The molecule has 1 fully saturated rings. The Labute approximate surface area is 181 Å². The quantitative estimate of drug-likeness (QED) is 0.628. The number of carbonyl (C=O) groups is 1. The van der Waals surface area contributed by atoms with Crippen molar-refractivity contribution in [3.63, 3.8) is 0 Å². The van der Waals surface area contributed by atoms with Crippen LogP contribution >= 0.6 is 11.3 Å². The highest BCUT2D eigenvalue weighted by Crippen LogP contribution is 2.19. The maximum atomic E-state index is 12.2. The Morgan fingerprint density at radius 2 is 1.93 bits per heavy atom. The molecule has 1 saturated heterocycles. The van der Waals surface area contributed by atoms with Gasteiger partial charge in [0.05, 0.1) is 22.8 Å². The lowest BCUT2D eigenvalue weighted by Gasteiger charge is -2.34. The van der Waals surface area contributed by atoms with Crippen molar-refractivity contribution in [2.45, 2.75) is 37.5 Å². The molecule has 0 radical (unpaired) electrons. The fourth-order valence-corrected chi connectivity index (χ4v) is 4.71. The van der Waals surface area contributed by atoms with Crippen molar-refractivity contribution in [1.82, 2.24) is 14.6 Å². The highest BCUT2D eigenvalue weighted by atomic mass is 32.2. The Bertz CT molecular complexity index is 992. The zero-order chi connectivity index (χ0) is 21.7. The molecule has 2 unspecified atom stereocenters. The third-order valence-corrected chi connectivity index (χ3v) is 6.79. The van der Waals surface area contributed by atoms with E-state index in [9.17, 15) is 13.2 Å². The van der Waals surface area contributed by atoms with Crippen LogP contribution in [0.2, 0.25) is 0 Å². The minimum absolute atomic E-state index is 0.172. The van der Waals surface area contributed by atoms with Crippen molar-refractivity contribution in [3.8, 4) is 0 Å². The zero-order valence-corrected chi connectivity index (χ0v) is 18.8. The molecule has 1 aromatic heterocycles. The molecule has 10 heteroatoms. The summed E-state index contributed by atoms with van der Waals surface area (Å²) in [7, 11) is -2.11. The molecule has 8 nitrogen and oxygen atoms in total. The number of anilines is 1. The lowest BCUT2D eigenvalue weighted by molar-refractivity contribution is -0.111. The Balaban J connectivity index is 1.54. The number of ether oxygens (including phenoxy) is 1. The van der Waals surface area contributed by atoms with Crippen LogP contribution in [-0.4, -0.2) is 56.6 Å². The lowest BCUT2D eigenvalue weighted by Crippen LogP contribution is -2.44. The molecular formula is C20H26N4O4S2. The van der Waals surface area contributed by atoms with Crippen molar-refractivity contribution in [2.24, 2.45) is 0 Å². The lowest BCUT2D eigenvalue weighted by atomic mass is 10.2. The number of benzene rings is 1. The van der Waals surface area contributed by atoms with E-state index in [4.69, 9.17) is 4.74 Å². The second-order valence-electron chi connectivity index (χ2n) is 7.19. The van der Waals surface area contributed by atoms with E-state index in [-0.39, 0.29) is 23.0 Å². The van der Waals surface area contributed by atoms with Gasteiger partial charge in [0, 0.05) is 31.1 Å². The van der Waals surface area contributed by atoms with Gasteiger partial charge in [-0.15, -0.1) is 11.3 Å². The number of amides is 1. The number of hydrogen-bond acceptors (Lipinski definition) is 7. The maximum Gasteiger partial charge on any atom is 0.250 e. The van der Waals surface area contributed by atoms with E-state index < -0.39 is 10.0 Å². The van der Waals surface area contributed by atoms with E-state index in [1.807, 2.05) is 5.38 Å². The molecule has 0 bridgehead atoms. The summed E-state index contributed by atoms with van der Waals surface area (Å²) in [5.41, 5.74) is 1.64. The van der Waals surface area contributed by atoms with Crippen molar-refractivity contribution < 1.29 is 17.9 Å². The molecule has 1 amide bonds. The number of hydrogen-bond donors (Lipinski definition) is 2. The summed E-state index contributed by atoms with van der Waals surface area (Å²) >= 11 is 1.39. The molecule has 1 aliphatic heterocycles. The molecule has 0 spiro atoms. The van der Waals surface area contributed by atoms with Gasteiger partial charge in [-0.1, -0.05) is 12.1 Å². The van der Waals surface area contributed by atoms with Gasteiger partial charge in [-0.2, -0.15) is 0 Å². The number of aromatic nitrogens is 1. The highest BCUT2D eigenvalue weighted by Gasteiger charge is 2.22. The van der Waals surface area contributed by atoms with Crippen LogP contribution in [-0.2, 0) is 26.1 Å². The molecule has 2 heterocycles. The number of nitrogens with one attached hydrogen (secondary N) is 2. The van der Waals surface area contributed by atoms with Gasteiger partial charge in [0.2, 0.25) is 15.9 Å². The van der Waals surface area contributed by atoms with Gasteiger partial charge < -0.3 is 4.74 Å². The van der Waals surface area contributed by atoms with Gasteiger partial charge >= 0.3 is 0 Å². The second-order valence-corrected chi connectivity index (χ2v) is 9.94. The molecular weight excluding hydrogens is 424 g/mol. The minimum atomic E-state index is -3.47. The average molecular weight is 451 g/mol. The van der Waals surface area contributed by atoms with Crippen LogP contribution in [0.3, 0.4) is 0 Å². The number of carbonyl (C=O) groups excluding carboxylic acids is 1. The molecule has 3 rings (SSSR count). The standard InChI is InChI=1S/C20H26N4O4S2/c1-14-10-24(11-15(2)28-14)12-17-13-29-20(22-17)23-19(25)9-6-16-4-7-18(8-5-16)30(26,27)21-3/h4-9,13-15,21H,10-12H2,1-3H3,(H,22,23,25)/b9-6+. The number of morpholine rings is 1. The smallest absolute Gasteiger partial charge is 0.250 e. The van der Waals surface area contributed by atoms with E-state index in [1.165, 1.54) is 36.6 Å². The monoisotopic (exact) mass is 450 g/mol. The molecule has 30 heavy (non-hydrogen) atoms. The predicted octanol–water partition coefficient (Wildman–Crippen LogP) is 2.31. The summed E-state index contributed by atoms with van der Waals surface area (Å²) in [4.78, 5) is 19.1. The SMILES string of the molecule is CNS(=O)(=O)c1ccc(/C=C/C(=O)Nc2nc(CN3CC(C)OC(C)C3)cs2)cc1. The molecule has 162 valence electrons. The Hall–Kier alpha value is -2.11. The summed E-state index contributed by atoms with van der Waals surface area (Å²) in [6.07, 6.45) is 3.41. The third kappa shape index (κ3) is 6.19. The Morgan fingerprint density at radius 1 is 1.27 bits per heavy atom. The first kappa shape index (κ1) is 22.6. The summed E-state index contributed by atoms with van der Waals surface area (Å²) in [5.74, 6) is -0.295. The fourth-order valence-electron chi connectivity index (χ4n) is 3.27. The molecule has 1 aliphatic rings. The molecule has 2 N–H and O–H groups in total. The number of nitrogens with zero attached hydrogens (tertiary/aromatic N) is 2. The highest BCUT2D eigenvalue weighted by molar-refractivity contribution is 7.89. The van der Waals surface area contributed by atoms with Gasteiger partial charge in [0.15, 0.2) is 5.13 Å². The van der Waals surface area contributed by atoms with Gasteiger partial charge in [0.25, 0.3) is 0 Å². The van der Waals surface area contributed by atoms with Gasteiger partial charge in [-0.25, -0.2) is 18.1 Å². The molecule has 0 aliphatic carbocycles. The van der Waals surface area contributed by atoms with Crippen molar-refractivity contribution in [2.75, 3.05) is 25.5 Å². The molecule has 0 saturated carbocycles. The first-order valence-electron chi connectivity index (χ1n) is 9.60. The first-order valence-corrected chi connectivity index (χ1v) is 12.0. The summed E-state index contributed by atoms with van der Waals surface area (Å²) < 4.78 is 31.5. The van der Waals surface area contributed by atoms with Crippen molar-refractivity contribution >= 4 is 38.5 Å². The Kier molecular flexibility index (Phi) is 7.37. The number of rotatable bonds is 7. The Morgan fingerprint density at radius 3 is 2.57 bits per heavy atom. The summed E-state index contributed by atoms with van der Waals surface area (Å²) in [6.45, 7) is 6.58. The normalized spacial score (nSPS) is 20.5. The van der Waals surface area contributed by atoms with E-state index >= 15 is 0 Å². The maximum absolute atomic E-state index is 12.2. The van der Waals surface area contributed by atoms with Crippen LogP contribution in [0.5, 0.6) is 0 Å². The zero-order valence-electron chi connectivity index (χ0n) is 17.2. The fraction of sp³-hybridized carbons (Fsp3) is 0.400. The van der Waals surface area contributed by atoms with Gasteiger partial charge in [0.1, 0.15) is 0 Å². The molecule has 2 atom stereocenters. The van der Waals surface area contributed by atoms with Gasteiger partial charge in [-0.05, 0) is 44.7 Å².